The van der Waals surface area contributed by atoms with Gasteiger partial charge in [-0.15, -0.1) is 0 Å². The van der Waals surface area contributed by atoms with E-state index in [1.807, 2.05) is 97.1 Å². The van der Waals surface area contributed by atoms with E-state index in [0.717, 1.165) is 11.1 Å². The van der Waals surface area contributed by atoms with E-state index in [4.69, 9.17) is 4.74 Å². The molecule has 0 radical (unpaired) electrons. The molecule has 0 bridgehead atoms. The molecule has 1 heterocycles. The van der Waals surface area contributed by atoms with Crippen molar-refractivity contribution in [2.75, 3.05) is 7.11 Å². The number of nitrogens with zero attached hydrogens (tertiary/aromatic N) is 1. The van der Waals surface area contributed by atoms with Crippen LogP contribution in [0, 0.1) is 27.2 Å². The predicted octanol–water partition coefficient (Wildman–Crippen LogP) is 7.03. The number of methoxy groups -OCH3 is 1. The van der Waals surface area contributed by atoms with E-state index in [-0.39, 0.29) is 47.8 Å². The third kappa shape index (κ3) is 4.82. The monoisotopic (exact) mass is 775 g/mol. The molecule has 8 heteroatoms. The smallest absolute Gasteiger partial charge is 0.234 e. The number of halogens is 1. The maximum atomic E-state index is 15.2. The number of rotatable bonds is 6. The van der Waals surface area contributed by atoms with Crippen LogP contribution in [0.1, 0.15) is 41.0 Å². The lowest BCUT2D eigenvalue weighted by atomic mass is 9.44. The third-order valence-corrected chi connectivity index (χ3v) is 12.1. The number of phenols is 1. The molecule has 2 amide bonds. The van der Waals surface area contributed by atoms with E-state index in [0.29, 0.717) is 32.3 Å². The highest BCUT2D eigenvalue weighted by molar-refractivity contribution is 14.1. The lowest BCUT2D eigenvalue weighted by molar-refractivity contribution is -0.141. The Balaban J connectivity index is 1.36. The highest BCUT2D eigenvalue weighted by atomic mass is 127. The Labute approximate surface area is 303 Å². The molecule has 0 spiro atoms. The van der Waals surface area contributed by atoms with Gasteiger partial charge in [0.2, 0.25) is 11.8 Å². The van der Waals surface area contributed by atoms with Crippen molar-refractivity contribution < 1.29 is 29.0 Å². The molecule has 1 saturated heterocycles. The number of fused-ring (bicyclic) bond motifs is 4. The fraction of sp³-hybridized carbons (Fsp3) is 0.238. The van der Waals surface area contributed by atoms with Crippen LogP contribution in [0.15, 0.2) is 121 Å². The molecule has 2 fully saturated rings. The molecule has 6 atom stereocenters. The number of likely N-dealkylation sites (tertiary alicyclic amines) is 1. The third-order valence-electron chi connectivity index (χ3n) is 11.3. The summed E-state index contributed by atoms with van der Waals surface area (Å²) in [6.07, 6.45) is 4.14. The standard InChI is InChI=1S/C42H34INO6/c1-50-34-20-26(19-33(43)39(34)47)37-28-17-18-29-36(41(49)44(40(29)48)23-24-11-5-2-6-12-24)31(28)21-32-38(46)30(25-13-7-3-8-14-25)22-35(45)42(32,37)27-15-9-4-10-16-27/h2-17,19-20,22,29,31-32,36-37,47H,18,21,23H2,1H3. The second kappa shape index (κ2) is 12.5. The molecule has 7 nitrogen and oxygen atoms in total. The molecular weight excluding hydrogens is 741 g/mol. The second-order valence-corrected chi connectivity index (χ2v) is 14.8. The van der Waals surface area contributed by atoms with Crippen molar-refractivity contribution in [2.45, 2.75) is 30.7 Å². The molecule has 0 aromatic heterocycles. The molecule has 4 aliphatic rings. The fourth-order valence-corrected chi connectivity index (χ4v) is 9.78. The Bertz CT molecular complexity index is 2110. The molecule has 3 aliphatic carbocycles. The Morgan fingerprint density at radius 1 is 0.860 bits per heavy atom. The lowest BCUT2D eigenvalue weighted by Crippen LogP contribution is -2.58. The van der Waals surface area contributed by atoms with Gasteiger partial charge in [-0.1, -0.05) is 103 Å². The first-order valence-corrected chi connectivity index (χ1v) is 17.9. The number of imide groups is 1. The minimum absolute atomic E-state index is 0.0161. The van der Waals surface area contributed by atoms with Gasteiger partial charge < -0.3 is 9.84 Å². The topological polar surface area (TPSA) is 101 Å². The van der Waals surface area contributed by atoms with Crippen molar-refractivity contribution in [3.05, 3.63) is 147 Å². The van der Waals surface area contributed by atoms with Gasteiger partial charge in [0.25, 0.3) is 0 Å². The van der Waals surface area contributed by atoms with Gasteiger partial charge in [-0.2, -0.15) is 0 Å². The van der Waals surface area contributed by atoms with Gasteiger partial charge in [0, 0.05) is 17.4 Å². The van der Waals surface area contributed by atoms with Crippen molar-refractivity contribution >= 4 is 51.5 Å². The summed E-state index contributed by atoms with van der Waals surface area (Å²) in [5.74, 6) is -3.79. The van der Waals surface area contributed by atoms with Crippen LogP contribution in [0.5, 0.6) is 11.5 Å². The van der Waals surface area contributed by atoms with E-state index in [1.165, 1.54) is 18.1 Å². The molecular formula is C42H34INO6. The van der Waals surface area contributed by atoms with E-state index in [9.17, 15) is 14.7 Å². The average molecular weight is 776 g/mol. The molecule has 4 aromatic carbocycles. The molecule has 250 valence electrons. The summed E-state index contributed by atoms with van der Waals surface area (Å²) >= 11 is 2.06. The largest absolute Gasteiger partial charge is 0.504 e. The Kier molecular flexibility index (Phi) is 8.09. The van der Waals surface area contributed by atoms with E-state index < -0.39 is 35.0 Å². The number of benzene rings is 4. The number of phenolic OH excluding ortho intramolecular Hbond substituents is 1. The minimum atomic E-state index is -1.35. The highest BCUT2D eigenvalue weighted by Gasteiger charge is 2.66. The number of Topliss-reactive ketones (excluding diaryl/α,β-unsaturated/α-hetero) is 1. The molecule has 50 heavy (non-hydrogen) atoms. The summed E-state index contributed by atoms with van der Waals surface area (Å²) in [6, 6.07) is 31.8. The van der Waals surface area contributed by atoms with Gasteiger partial charge in [0.15, 0.2) is 23.1 Å². The van der Waals surface area contributed by atoms with Gasteiger partial charge in [-0.25, -0.2) is 0 Å². The van der Waals surface area contributed by atoms with Gasteiger partial charge in [-0.05, 0) is 81.8 Å². The van der Waals surface area contributed by atoms with E-state index >= 15 is 9.59 Å². The maximum Gasteiger partial charge on any atom is 0.234 e. The number of carbonyl (C=O) groups excluding carboxylic acids is 4. The summed E-state index contributed by atoms with van der Waals surface area (Å²) < 4.78 is 6.15. The number of aromatic hydroxyl groups is 1. The van der Waals surface area contributed by atoms with Gasteiger partial charge in [0.05, 0.1) is 34.5 Å². The van der Waals surface area contributed by atoms with Crippen LogP contribution in [0.25, 0.3) is 5.57 Å². The first-order valence-electron chi connectivity index (χ1n) is 16.8. The quantitative estimate of drug-likeness (QED) is 0.128. The van der Waals surface area contributed by atoms with Crippen molar-refractivity contribution in [1.29, 1.82) is 0 Å². The van der Waals surface area contributed by atoms with E-state index in [2.05, 4.69) is 28.7 Å². The number of hydrogen-bond acceptors (Lipinski definition) is 6. The summed E-state index contributed by atoms with van der Waals surface area (Å²) in [7, 11) is 1.48. The van der Waals surface area contributed by atoms with Crippen LogP contribution < -0.4 is 4.74 Å². The number of carbonyl (C=O) groups is 4. The zero-order valence-corrected chi connectivity index (χ0v) is 29.4. The predicted molar refractivity (Wildman–Crippen MR) is 196 cm³/mol. The first-order chi connectivity index (χ1) is 24.2. The summed E-state index contributed by atoms with van der Waals surface area (Å²) in [5, 5.41) is 10.9. The molecule has 1 N–H and O–H groups in total. The number of ether oxygens (including phenoxy) is 1. The zero-order chi connectivity index (χ0) is 34.7. The van der Waals surface area contributed by atoms with Gasteiger partial charge in [-0.3, -0.25) is 24.1 Å². The van der Waals surface area contributed by atoms with Crippen LogP contribution in [0.4, 0.5) is 0 Å². The van der Waals surface area contributed by atoms with Crippen LogP contribution in [0.2, 0.25) is 0 Å². The van der Waals surface area contributed by atoms with Crippen LogP contribution in [0.3, 0.4) is 0 Å². The molecule has 4 aromatic rings. The molecule has 1 aliphatic heterocycles. The van der Waals surface area contributed by atoms with Gasteiger partial charge >= 0.3 is 0 Å². The lowest BCUT2D eigenvalue weighted by Gasteiger charge is -2.55. The van der Waals surface area contributed by atoms with Crippen LogP contribution in [-0.2, 0) is 31.1 Å². The number of allylic oxidation sites excluding steroid dienone is 4. The number of hydrogen-bond donors (Lipinski definition) is 1. The van der Waals surface area contributed by atoms with Crippen molar-refractivity contribution in [3.63, 3.8) is 0 Å². The summed E-state index contributed by atoms with van der Waals surface area (Å²) in [5.41, 5.74) is 2.80. The molecule has 6 unspecified atom stereocenters. The molecule has 8 rings (SSSR count). The van der Waals surface area contributed by atoms with Crippen molar-refractivity contribution in [1.82, 2.24) is 4.90 Å². The maximum absolute atomic E-state index is 15.2. The van der Waals surface area contributed by atoms with Crippen molar-refractivity contribution in [2.24, 2.45) is 23.7 Å². The van der Waals surface area contributed by atoms with Crippen LogP contribution >= 0.6 is 22.6 Å². The van der Waals surface area contributed by atoms with Crippen LogP contribution in [-0.4, -0.2) is 40.5 Å². The Morgan fingerprint density at radius 2 is 1.52 bits per heavy atom. The normalized spacial score (nSPS) is 27.2. The average Bonchev–Trinajstić information content (AvgIpc) is 3.39. The summed E-state index contributed by atoms with van der Waals surface area (Å²) in [4.78, 5) is 60.0. The second-order valence-electron chi connectivity index (χ2n) is 13.6. The fourth-order valence-electron chi connectivity index (χ4n) is 9.15. The van der Waals surface area contributed by atoms with Crippen molar-refractivity contribution in [3.8, 4) is 11.5 Å². The number of amides is 2. The SMILES string of the molecule is COc1cc(C2C3=CCC4C(=O)N(Cc5ccccc5)C(=O)C4C3CC3C(=O)C(c4ccccc4)=CC(=O)C32c2ccccc2)cc(I)c1O. The minimum Gasteiger partial charge on any atom is -0.504 e. The summed E-state index contributed by atoms with van der Waals surface area (Å²) in [6.45, 7) is 0.181. The number of ketones is 2. The Morgan fingerprint density at radius 3 is 2.20 bits per heavy atom. The first kappa shape index (κ1) is 32.4. The van der Waals surface area contributed by atoms with E-state index in [1.54, 1.807) is 6.07 Å². The molecule has 1 saturated carbocycles. The zero-order valence-electron chi connectivity index (χ0n) is 27.3. The Hall–Kier alpha value is -4.83. The highest BCUT2D eigenvalue weighted by Crippen LogP contribution is 2.64. The van der Waals surface area contributed by atoms with Gasteiger partial charge in [0.1, 0.15) is 0 Å².